The first kappa shape index (κ1) is 20.4. The molecule has 142 valence electrons. The van der Waals surface area contributed by atoms with Gasteiger partial charge in [-0.15, -0.1) is 0 Å². The maximum Gasteiger partial charge on any atom is 0.343 e. The topological polar surface area (TPSA) is 86.2 Å². The normalized spacial score (nSPS) is 10.5. The minimum atomic E-state index is -0.506. The molecule has 0 unspecified atom stereocenters. The van der Waals surface area contributed by atoms with Gasteiger partial charge in [0.15, 0.2) is 18.1 Å². The van der Waals surface area contributed by atoms with Gasteiger partial charge in [-0.1, -0.05) is 18.2 Å². The molecule has 2 aromatic carbocycles. The van der Waals surface area contributed by atoms with E-state index in [-0.39, 0.29) is 12.5 Å². The fourth-order valence-electron chi connectivity index (χ4n) is 2.20. The molecule has 2 rings (SSSR count). The van der Waals surface area contributed by atoms with Crippen molar-refractivity contribution in [2.45, 2.75) is 6.92 Å². The number of amides is 1. The number of ether oxygens (including phenoxy) is 3. The standard InChI is InChI=1S/C19H19BrN2O5/c1-12-6-4-5-7-14(12)19(24)22-21-10-13-8-15(20)18(16(9-13)25-2)27-11-17(23)26-3/h4-10H,11H2,1-3H3,(H,22,24). The Morgan fingerprint density at radius 1 is 1.22 bits per heavy atom. The highest BCUT2D eigenvalue weighted by atomic mass is 79.9. The number of halogens is 1. The lowest BCUT2D eigenvalue weighted by molar-refractivity contribution is -0.142. The van der Waals surface area contributed by atoms with Crippen molar-refractivity contribution in [2.24, 2.45) is 5.10 Å². The average Bonchev–Trinajstić information content (AvgIpc) is 2.66. The predicted octanol–water partition coefficient (Wildman–Crippen LogP) is 3.08. The molecule has 27 heavy (non-hydrogen) atoms. The highest BCUT2D eigenvalue weighted by Gasteiger charge is 2.13. The number of rotatable bonds is 7. The summed E-state index contributed by atoms with van der Waals surface area (Å²) in [6, 6.07) is 10.6. The Labute approximate surface area is 165 Å². The summed E-state index contributed by atoms with van der Waals surface area (Å²) in [5, 5.41) is 3.98. The SMILES string of the molecule is COC(=O)COc1c(Br)cc(C=NNC(=O)c2ccccc2C)cc1OC. The van der Waals surface area contributed by atoms with Crippen LogP contribution in [0.3, 0.4) is 0 Å². The van der Waals surface area contributed by atoms with Gasteiger partial charge in [0.2, 0.25) is 0 Å². The fraction of sp³-hybridized carbons (Fsp3) is 0.211. The van der Waals surface area contributed by atoms with Gasteiger partial charge in [-0.3, -0.25) is 4.79 Å². The molecular weight excluding hydrogens is 416 g/mol. The lowest BCUT2D eigenvalue weighted by Gasteiger charge is -2.12. The summed E-state index contributed by atoms with van der Waals surface area (Å²) in [7, 11) is 2.76. The van der Waals surface area contributed by atoms with Gasteiger partial charge >= 0.3 is 5.97 Å². The van der Waals surface area contributed by atoms with Crippen molar-refractivity contribution in [2.75, 3.05) is 20.8 Å². The molecule has 0 fully saturated rings. The zero-order chi connectivity index (χ0) is 19.8. The summed E-state index contributed by atoms with van der Waals surface area (Å²) in [6.07, 6.45) is 1.48. The van der Waals surface area contributed by atoms with Crippen LogP contribution in [0.4, 0.5) is 0 Å². The number of hydrazone groups is 1. The number of carbonyl (C=O) groups is 2. The Morgan fingerprint density at radius 2 is 1.96 bits per heavy atom. The van der Waals surface area contributed by atoms with Gasteiger partial charge in [0.1, 0.15) is 0 Å². The molecule has 2 aromatic rings. The van der Waals surface area contributed by atoms with Crippen LogP contribution in [-0.2, 0) is 9.53 Å². The number of methoxy groups -OCH3 is 2. The Kier molecular flexibility index (Phi) is 7.36. The summed E-state index contributed by atoms with van der Waals surface area (Å²) in [4.78, 5) is 23.4. The molecule has 7 nitrogen and oxygen atoms in total. The fourth-order valence-corrected chi connectivity index (χ4v) is 2.77. The molecule has 0 radical (unpaired) electrons. The van der Waals surface area contributed by atoms with Crippen molar-refractivity contribution in [1.29, 1.82) is 0 Å². The van der Waals surface area contributed by atoms with Crippen molar-refractivity contribution in [3.63, 3.8) is 0 Å². The number of nitrogens with zero attached hydrogens (tertiary/aromatic N) is 1. The number of aryl methyl sites for hydroxylation is 1. The first-order valence-corrected chi connectivity index (χ1v) is 8.71. The molecule has 0 saturated carbocycles. The summed E-state index contributed by atoms with van der Waals surface area (Å²) in [5.74, 6) is -0.0362. The van der Waals surface area contributed by atoms with Gasteiger partial charge < -0.3 is 14.2 Å². The average molecular weight is 435 g/mol. The minimum absolute atomic E-state index is 0.245. The van der Waals surface area contributed by atoms with Crippen LogP contribution < -0.4 is 14.9 Å². The molecular formula is C19H19BrN2O5. The maximum absolute atomic E-state index is 12.2. The quantitative estimate of drug-likeness (QED) is 0.411. The number of carbonyl (C=O) groups excluding carboxylic acids is 2. The van der Waals surface area contributed by atoms with Crippen LogP contribution >= 0.6 is 15.9 Å². The largest absolute Gasteiger partial charge is 0.493 e. The second-order valence-corrected chi connectivity index (χ2v) is 6.27. The van der Waals surface area contributed by atoms with Crippen LogP contribution in [0, 0.1) is 6.92 Å². The smallest absolute Gasteiger partial charge is 0.343 e. The first-order chi connectivity index (χ1) is 13.0. The van der Waals surface area contributed by atoms with Crippen molar-refractivity contribution in [3.8, 4) is 11.5 Å². The van der Waals surface area contributed by atoms with E-state index in [0.29, 0.717) is 27.1 Å². The molecule has 0 aliphatic rings. The van der Waals surface area contributed by atoms with Gasteiger partial charge in [0.05, 0.1) is 24.9 Å². The Morgan fingerprint density at radius 3 is 2.63 bits per heavy atom. The monoisotopic (exact) mass is 434 g/mol. The van der Waals surface area contributed by atoms with E-state index in [4.69, 9.17) is 9.47 Å². The van der Waals surface area contributed by atoms with Crippen molar-refractivity contribution in [3.05, 3.63) is 57.6 Å². The van der Waals surface area contributed by atoms with Crippen molar-refractivity contribution in [1.82, 2.24) is 5.43 Å². The van der Waals surface area contributed by atoms with E-state index in [0.717, 1.165) is 5.56 Å². The first-order valence-electron chi connectivity index (χ1n) is 7.92. The molecule has 0 saturated heterocycles. The molecule has 0 heterocycles. The van der Waals surface area contributed by atoms with Gasteiger partial charge in [0, 0.05) is 5.56 Å². The predicted molar refractivity (Wildman–Crippen MR) is 104 cm³/mol. The number of nitrogens with one attached hydrogen (secondary N) is 1. The number of esters is 1. The summed E-state index contributed by atoms with van der Waals surface area (Å²) in [6.45, 7) is 1.61. The summed E-state index contributed by atoms with van der Waals surface area (Å²) in [5.41, 5.74) is 4.57. The molecule has 1 amide bonds. The molecule has 0 bridgehead atoms. The van der Waals surface area contributed by atoms with Crippen LogP contribution in [0.15, 0.2) is 46.0 Å². The lowest BCUT2D eigenvalue weighted by atomic mass is 10.1. The van der Waals surface area contributed by atoms with Crippen LogP contribution in [0.25, 0.3) is 0 Å². The van der Waals surface area contributed by atoms with E-state index < -0.39 is 5.97 Å². The summed E-state index contributed by atoms with van der Waals surface area (Å²) >= 11 is 3.37. The number of benzene rings is 2. The number of hydrogen-bond acceptors (Lipinski definition) is 6. The molecule has 1 N–H and O–H groups in total. The van der Waals surface area contributed by atoms with Gasteiger partial charge in [-0.25, -0.2) is 10.2 Å². The van der Waals surface area contributed by atoms with E-state index >= 15 is 0 Å². The molecule has 0 aliphatic carbocycles. The Hall–Kier alpha value is -2.87. The number of hydrogen-bond donors (Lipinski definition) is 1. The zero-order valence-corrected chi connectivity index (χ0v) is 16.7. The molecule has 0 spiro atoms. The van der Waals surface area contributed by atoms with E-state index in [1.54, 1.807) is 24.3 Å². The van der Waals surface area contributed by atoms with E-state index in [9.17, 15) is 9.59 Å². The molecule has 0 aliphatic heterocycles. The van der Waals surface area contributed by atoms with E-state index in [1.807, 2.05) is 19.1 Å². The van der Waals surface area contributed by atoms with E-state index in [1.165, 1.54) is 20.4 Å². The van der Waals surface area contributed by atoms with Gasteiger partial charge in [0.25, 0.3) is 5.91 Å². The molecule has 8 heteroatoms. The Balaban J connectivity index is 2.11. The third-order valence-electron chi connectivity index (χ3n) is 3.58. The highest BCUT2D eigenvalue weighted by molar-refractivity contribution is 9.10. The lowest BCUT2D eigenvalue weighted by Crippen LogP contribution is -2.18. The van der Waals surface area contributed by atoms with Gasteiger partial charge in [-0.05, 0) is 52.2 Å². The van der Waals surface area contributed by atoms with Gasteiger partial charge in [-0.2, -0.15) is 5.10 Å². The maximum atomic E-state index is 12.2. The van der Waals surface area contributed by atoms with Crippen molar-refractivity contribution < 1.29 is 23.8 Å². The summed E-state index contributed by atoms with van der Waals surface area (Å²) < 4.78 is 15.8. The third-order valence-corrected chi connectivity index (χ3v) is 4.17. The zero-order valence-electron chi connectivity index (χ0n) is 15.1. The molecule has 0 atom stereocenters. The van der Waals surface area contributed by atoms with Crippen LogP contribution in [0.1, 0.15) is 21.5 Å². The third kappa shape index (κ3) is 5.55. The van der Waals surface area contributed by atoms with Crippen molar-refractivity contribution >= 4 is 34.0 Å². The second kappa shape index (κ2) is 9.72. The minimum Gasteiger partial charge on any atom is -0.493 e. The Bertz CT molecular complexity index is 867. The molecule has 0 aromatic heterocycles. The van der Waals surface area contributed by atoms with Crippen LogP contribution in [-0.4, -0.2) is 38.9 Å². The van der Waals surface area contributed by atoms with E-state index in [2.05, 4.69) is 31.2 Å². The van der Waals surface area contributed by atoms with Crippen LogP contribution in [0.5, 0.6) is 11.5 Å². The van der Waals surface area contributed by atoms with Crippen LogP contribution in [0.2, 0.25) is 0 Å². The highest BCUT2D eigenvalue weighted by Crippen LogP contribution is 2.36. The second-order valence-electron chi connectivity index (χ2n) is 5.41.